The van der Waals surface area contributed by atoms with Gasteiger partial charge < -0.3 is 5.32 Å². The molecule has 2 heterocycles. The smallest absolute Gasteiger partial charge is 0.153 e. The lowest BCUT2D eigenvalue weighted by atomic mass is 10.4. The van der Waals surface area contributed by atoms with Crippen molar-refractivity contribution in [3.63, 3.8) is 0 Å². The molecule has 1 N–H and O–H groups in total. The molecule has 0 spiro atoms. The number of sulfone groups is 1. The molecule has 0 aromatic carbocycles. The quantitative estimate of drug-likeness (QED) is 0.420. The van der Waals surface area contributed by atoms with Crippen LogP contribution in [0.2, 0.25) is 0 Å². The molecule has 0 bridgehead atoms. The van der Waals surface area contributed by atoms with E-state index < -0.39 is 9.84 Å². The molecular formula is C4H7NO2S. The highest BCUT2D eigenvalue weighted by Gasteiger charge is 2.48. The van der Waals surface area contributed by atoms with Gasteiger partial charge in [-0.2, -0.15) is 0 Å². The van der Waals surface area contributed by atoms with Crippen molar-refractivity contribution in [2.24, 2.45) is 0 Å². The number of hydrogen-bond donors (Lipinski definition) is 1. The summed E-state index contributed by atoms with van der Waals surface area (Å²) in [7, 11) is -2.61. The van der Waals surface area contributed by atoms with E-state index in [1.54, 1.807) is 0 Å². The summed E-state index contributed by atoms with van der Waals surface area (Å²) in [4.78, 5) is 0. The molecular weight excluding hydrogens is 126 g/mol. The minimum atomic E-state index is -2.61. The summed E-state index contributed by atoms with van der Waals surface area (Å²) in [5.74, 6) is 0.745. The molecule has 0 aromatic heterocycles. The Labute approximate surface area is 48.0 Å². The van der Waals surface area contributed by atoms with Crippen LogP contribution in [-0.2, 0) is 9.84 Å². The van der Waals surface area contributed by atoms with Crippen molar-refractivity contribution in [2.75, 3.05) is 11.5 Å². The molecule has 0 aliphatic carbocycles. The van der Waals surface area contributed by atoms with Crippen LogP contribution >= 0.6 is 0 Å². The molecule has 46 valence electrons. The molecule has 2 saturated heterocycles. The molecule has 2 atom stereocenters. The second-order valence-electron chi connectivity index (χ2n) is 2.46. The standard InChI is InChI=1S/C4H7NO2S/c6-8(7)1-3-4(2-8)5-3/h3-5H,1-2H2/t3-,4-/m0/s1. The summed E-state index contributed by atoms with van der Waals surface area (Å²) in [6.45, 7) is 0. The minimum absolute atomic E-state index is 0.319. The van der Waals surface area contributed by atoms with Gasteiger partial charge in [0.05, 0.1) is 11.5 Å². The van der Waals surface area contributed by atoms with E-state index in [1.807, 2.05) is 0 Å². The van der Waals surface area contributed by atoms with E-state index >= 15 is 0 Å². The summed E-state index contributed by atoms with van der Waals surface area (Å²) < 4.78 is 21.3. The van der Waals surface area contributed by atoms with Gasteiger partial charge in [-0.15, -0.1) is 0 Å². The molecule has 2 aliphatic rings. The maximum Gasteiger partial charge on any atom is 0.153 e. The van der Waals surface area contributed by atoms with Crippen molar-refractivity contribution in [1.29, 1.82) is 0 Å². The first-order chi connectivity index (χ1) is 3.67. The van der Waals surface area contributed by atoms with Gasteiger partial charge in [-0.25, -0.2) is 8.42 Å². The fraction of sp³-hybridized carbons (Fsp3) is 1.00. The molecule has 0 saturated carbocycles. The molecule has 2 rings (SSSR count). The summed E-state index contributed by atoms with van der Waals surface area (Å²) in [5.41, 5.74) is 0. The maximum absolute atomic E-state index is 10.6. The fourth-order valence-electron chi connectivity index (χ4n) is 1.16. The first-order valence-electron chi connectivity index (χ1n) is 2.64. The highest BCUT2D eigenvalue weighted by molar-refractivity contribution is 7.91. The van der Waals surface area contributed by atoms with Crippen molar-refractivity contribution < 1.29 is 8.42 Å². The van der Waals surface area contributed by atoms with Crippen LogP contribution in [0.5, 0.6) is 0 Å². The zero-order valence-electron chi connectivity index (χ0n) is 4.29. The second-order valence-corrected chi connectivity index (χ2v) is 4.61. The Balaban J connectivity index is 2.30. The molecule has 0 radical (unpaired) electrons. The summed E-state index contributed by atoms with van der Waals surface area (Å²) in [6, 6.07) is 0.639. The number of rotatable bonds is 0. The normalized spacial score (nSPS) is 48.5. The molecule has 3 nitrogen and oxygen atoms in total. The van der Waals surface area contributed by atoms with Crippen molar-refractivity contribution >= 4 is 9.84 Å². The van der Waals surface area contributed by atoms with Gasteiger partial charge >= 0.3 is 0 Å². The Hall–Kier alpha value is -0.0900. The predicted octanol–water partition coefficient (Wildman–Crippen LogP) is -1.24. The minimum Gasteiger partial charge on any atom is -0.306 e. The highest BCUT2D eigenvalue weighted by atomic mass is 32.2. The van der Waals surface area contributed by atoms with Crippen LogP contribution in [0.1, 0.15) is 0 Å². The highest BCUT2D eigenvalue weighted by Crippen LogP contribution is 2.23. The number of nitrogens with one attached hydrogen (secondary N) is 1. The predicted molar refractivity (Wildman–Crippen MR) is 29.4 cm³/mol. The van der Waals surface area contributed by atoms with Crippen LogP contribution in [0.4, 0.5) is 0 Å². The van der Waals surface area contributed by atoms with E-state index in [-0.39, 0.29) is 0 Å². The van der Waals surface area contributed by atoms with Crippen molar-refractivity contribution in [1.82, 2.24) is 5.32 Å². The Kier molecular flexibility index (Phi) is 0.646. The zero-order valence-corrected chi connectivity index (χ0v) is 5.11. The molecule has 0 aromatic rings. The van der Waals surface area contributed by atoms with E-state index in [1.165, 1.54) is 0 Å². The molecule has 0 amide bonds. The van der Waals surface area contributed by atoms with Gasteiger partial charge in [-0.05, 0) is 0 Å². The van der Waals surface area contributed by atoms with Gasteiger partial charge in [0.15, 0.2) is 9.84 Å². The maximum atomic E-state index is 10.6. The van der Waals surface area contributed by atoms with Crippen molar-refractivity contribution in [2.45, 2.75) is 12.1 Å². The topological polar surface area (TPSA) is 56.1 Å². The molecule has 4 heteroatoms. The van der Waals surface area contributed by atoms with E-state index in [4.69, 9.17) is 0 Å². The van der Waals surface area contributed by atoms with Gasteiger partial charge in [0.1, 0.15) is 0 Å². The van der Waals surface area contributed by atoms with Gasteiger partial charge in [0.25, 0.3) is 0 Å². The number of hydrogen-bond acceptors (Lipinski definition) is 3. The third kappa shape index (κ3) is 0.563. The average Bonchev–Trinajstić information content (AvgIpc) is 2.11. The molecule has 8 heavy (non-hydrogen) atoms. The molecule has 0 unspecified atom stereocenters. The van der Waals surface area contributed by atoms with Crippen LogP contribution in [0, 0.1) is 0 Å². The van der Waals surface area contributed by atoms with E-state index in [2.05, 4.69) is 5.32 Å². The van der Waals surface area contributed by atoms with Crippen molar-refractivity contribution in [3.8, 4) is 0 Å². The van der Waals surface area contributed by atoms with Gasteiger partial charge in [0, 0.05) is 12.1 Å². The SMILES string of the molecule is O=S1(=O)C[C@@H]2N[C@H]2C1. The fourth-order valence-corrected chi connectivity index (χ4v) is 3.05. The third-order valence-electron chi connectivity index (χ3n) is 1.67. The molecule has 2 fully saturated rings. The first kappa shape index (κ1) is 4.76. The lowest BCUT2D eigenvalue weighted by Gasteiger charge is -1.90. The number of fused-ring (bicyclic) bond motifs is 1. The third-order valence-corrected chi connectivity index (χ3v) is 3.41. The Bertz CT molecular complexity index is 192. The van der Waals surface area contributed by atoms with Crippen LogP contribution in [0.25, 0.3) is 0 Å². The summed E-state index contributed by atoms with van der Waals surface area (Å²) in [5, 5.41) is 3.04. The largest absolute Gasteiger partial charge is 0.306 e. The van der Waals surface area contributed by atoms with Crippen LogP contribution < -0.4 is 5.32 Å². The van der Waals surface area contributed by atoms with E-state index in [9.17, 15) is 8.42 Å². The van der Waals surface area contributed by atoms with Crippen LogP contribution in [0.3, 0.4) is 0 Å². The van der Waals surface area contributed by atoms with E-state index in [0.29, 0.717) is 23.6 Å². The van der Waals surface area contributed by atoms with Gasteiger partial charge in [-0.3, -0.25) is 0 Å². The second kappa shape index (κ2) is 1.09. The van der Waals surface area contributed by atoms with Crippen LogP contribution in [-0.4, -0.2) is 32.0 Å². The molecule has 2 aliphatic heterocycles. The lowest BCUT2D eigenvalue weighted by molar-refractivity contribution is 0.598. The van der Waals surface area contributed by atoms with Gasteiger partial charge in [-0.1, -0.05) is 0 Å². The van der Waals surface area contributed by atoms with Crippen LogP contribution in [0.15, 0.2) is 0 Å². The average molecular weight is 133 g/mol. The Morgan fingerprint density at radius 2 is 1.75 bits per heavy atom. The zero-order chi connectivity index (χ0) is 5.78. The van der Waals surface area contributed by atoms with E-state index in [0.717, 1.165) is 0 Å². The Morgan fingerprint density at radius 3 is 2.00 bits per heavy atom. The van der Waals surface area contributed by atoms with Gasteiger partial charge in [0.2, 0.25) is 0 Å². The Morgan fingerprint density at radius 1 is 1.25 bits per heavy atom. The van der Waals surface area contributed by atoms with Crippen molar-refractivity contribution in [3.05, 3.63) is 0 Å². The monoisotopic (exact) mass is 133 g/mol. The summed E-state index contributed by atoms with van der Waals surface area (Å²) in [6.07, 6.45) is 0. The first-order valence-corrected chi connectivity index (χ1v) is 4.46. The lowest BCUT2D eigenvalue weighted by Crippen LogP contribution is -2.13. The summed E-state index contributed by atoms with van der Waals surface area (Å²) >= 11 is 0.